The van der Waals surface area contributed by atoms with E-state index in [4.69, 9.17) is 4.74 Å². The van der Waals surface area contributed by atoms with Crippen molar-refractivity contribution in [2.45, 2.75) is 26.7 Å². The molecule has 2 heterocycles. The third-order valence-electron chi connectivity index (χ3n) is 6.79. The molecular weight excluding hydrogens is 473 g/mol. The quantitative estimate of drug-likeness (QED) is 0.248. The van der Waals surface area contributed by atoms with Crippen molar-refractivity contribution in [2.24, 2.45) is 5.92 Å². The molecule has 1 saturated heterocycles. The van der Waals surface area contributed by atoms with Gasteiger partial charge in [-0.05, 0) is 74.7 Å². The van der Waals surface area contributed by atoms with E-state index in [1.807, 2.05) is 44.2 Å². The van der Waals surface area contributed by atoms with E-state index in [0.29, 0.717) is 21.9 Å². The molecule has 0 bridgehead atoms. The average molecular weight is 504 g/mol. The number of alkyl halides is 1. The fraction of sp³-hybridized carbons (Fsp3) is 0.300. The normalized spacial score (nSPS) is 14.2. The number of hydrogen-bond acceptors (Lipinski definition) is 5. The van der Waals surface area contributed by atoms with Crippen molar-refractivity contribution in [3.63, 3.8) is 0 Å². The zero-order valence-electron chi connectivity index (χ0n) is 20.6. The molecule has 36 heavy (non-hydrogen) atoms. The number of thiophene rings is 1. The van der Waals surface area contributed by atoms with Gasteiger partial charge in [0.1, 0.15) is 16.4 Å². The fourth-order valence-corrected chi connectivity index (χ4v) is 5.93. The van der Waals surface area contributed by atoms with E-state index in [1.54, 1.807) is 18.2 Å². The minimum absolute atomic E-state index is 0.0826. The molecule has 1 N–H and O–H groups in total. The molecule has 0 radical (unpaired) electrons. The summed E-state index contributed by atoms with van der Waals surface area (Å²) in [6, 6.07) is 18.9. The van der Waals surface area contributed by atoms with Crippen molar-refractivity contribution < 1.29 is 19.0 Å². The van der Waals surface area contributed by atoms with E-state index >= 15 is 0 Å². The van der Waals surface area contributed by atoms with Gasteiger partial charge >= 0.3 is 0 Å². The first-order valence-corrected chi connectivity index (χ1v) is 13.2. The van der Waals surface area contributed by atoms with E-state index < -0.39 is 0 Å². The number of aryl methyl sites for hydroxylation is 3. The number of aromatic hydroxyl groups is 1. The molecule has 6 heteroatoms. The van der Waals surface area contributed by atoms with E-state index in [-0.39, 0.29) is 24.1 Å². The highest BCUT2D eigenvalue weighted by Crippen LogP contribution is 2.43. The number of benzene rings is 3. The van der Waals surface area contributed by atoms with Gasteiger partial charge in [-0.25, -0.2) is 0 Å². The smallest absolute Gasteiger partial charge is 0.207 e. The molecule has 0 atom stereocenters. The van der Waals surface area contributed by atoms with E-state index in [9.17, 15) is 14.3 Å². The molecule has 186 valence electrons. The van der Waals surface area contributed by atoms with E-state index in [2.05, 4.69) is 17.0 Å². The summed E-state index contributed by atoms with van der Waals surface area (Å²) >= 11 is 1.34. The van der Waals surface area contributed by atoms with Crippen LogP contribution in [0.3, 0.4) is 0 Å². The standard InChI is InChI=1S/C30H30FNO3S/c1-19-5-11-25(20(2)14-19)28(34)30-29(26-12-8-23(33)15-27(26)36-30)35-24-9-6-21(7-10-24)4-3-13-32-17-22(16-31)18-32/h5-12,14-15,22,33H,3-4,13,16-18H2,1-2H3. The van der Waals surface area contributed by atoms with Crippen LogP contribution in [-0.4, -0.2) is 42.1 Å². The van der Waals surface area contributed by atoms with Gasteiger partial charge in [-0.3, -0.25) is 9.18 Å². The minimum atomic E-state index is -0.212. The van der Waals surface area contributed by atoms with Crippen molar-refractivity contribution in [3.05, 3.63) is 87.8 Å². The van der Waals surface area contributed by atoms with Gasteiger partial charge in [-0.15, -0.1) is 11.3 Å². The monoisotopic (exact) mass is 503 g/mol. The second-order valence-corrected chi connectivity index (χ2v) is 10.8. The van der Waals surface area contributed by atoms with Crippen molar-refractivity contribution in [1.82, 2.24) is 4.90 Å². The van der Waals surface area contributed by atoms with Crippen LogP contribution in [0.25, 0.3) is 10.1 Å². The number of rotatable bonds is 9. The summed E-state index contributed by atoms with van der Waals surface area (Å²) in [5.74, 6) is 1.48. The lowest BCUT2D eigenvalue weighted by molar-refractivity contribution is 0.0801. The summed E-state index contributed by atoms with van der Waals surface area (Å²) < 4.78 is 19.7. The van der Waals surface area contributed by atoms with Crippen LogP contribution in [0.4, 0.5) is 4.39 Å². The second kappa shape index (κ2) is 10.4. The number of phenolic OH excluding ortho intramolecular Hbond substituents is 1. The Labute approximate surface area is 215 Å². The number of halogens is 1. The molecule has 0 saturated carbocycles. The number of nitrogens with zero attached hydrogens (tertiary/aromatic N) is 1. The number of fused-ring (bicyclic) bond motifs is 1. The van der Waals surface area contributed by atoms with Gasteiger partial charge in [-0.1, -0.05) is 35.9 Å². The van der Waals surface area contributed by atoms with Crippen molar-refractivity contribution >= 4 is 27.2 Å². The number of ketones is 1. The predicted molar refractivity (Wildman–Crippen MR) is 144 cm³/mol. The highest BCUT2D eigenvalue weighted by Gasteiger charge is 2.26. The Bertz CT molecular complexity index is 1390. The van der Waals surface area contributed by atoms with Crippen molar-refractivity contribution in [3.8, 4) is 17.2 Å². The topological polar surface area (TPSA) is 49.8 Å². The summed E-state index contributed by atoms with van der Waals surface area (Å²) in [6.07, 6.45) is 1.99. The molecule has 5 rings (SSSR count). The Morgan fingerprint density at radius 3 is 2.58 bits per heavy atom. The number of hydrogen-bond donors (Lipinski definition) is 1. The molecule has 1 aliphatic rings. The minimum Gasteiger partial charge on any atom is -0.508 e. The highest BCUT2D eigenvalue weighted by molar-refractivity contribution is 7.21. The van der Waals surface area contributed by atoms with Crippen LogP contribution in [0.2, 0.25) is 0 Å². The summed E-state index contributed by atoms with van der Waals surface area (Å²) in [6.45, 7) is 6.48. The molecule has 1 aromatic heterocycles. The maximum atomic E-state index is 13.6. The molecule has 0 unspecified atom stereocenters. The van der Waals surface area contributed by atoms with Gasteiger partial charge < -0.3 is 14.7 Å². The summed E-state index contributed by atoms with van der Waals surface area (Å²) in [5, 5.41) is 10.8. The first-order valence-electron chi connectivity index (χ1n) is 12.3. The van der Waals surface area contributed by atoms with Crippen LogP contribution in [0.1, 0.15) is 38.3 Å². The van der Waals surface area contributed by atoms with Gasteiger partial charge in [0.15, 0.2) is 5.75 Å². The predicted octanol–water partition coefficient (Wildman–Crippen LogP) is 7.08. The van der Waals surface area contributed by atoms with Gasteiger partial charge in [0.25, 0.3) is 0 Å². The van der Waals surface area contributed by atoms with Crippen LogP contribution in [0.15, 0.2) is 60.7 Å². The SMILES string of the molecule is Cc1ccc(C(=O)c2sc3cc(O)ccc3c2Oc2ccc(CCCN3CC(CF)C3)cc2)c(C)c1. The fourth-order valence-electron chi connectivity index (χ4n) is 4.81. The molecule has 4 nitrogen and oxygen atoms in total. The van der Waals surface area contributed by atoms with Crippen LogP contribution < -0.4 is 4.74 Å². The highest BCUT2D eigenvalue weighted by atomic mass is 32.1. The van der Waals surface area contributed by atoms with Crippen LogP contribution in [0.5, 0.6) is 17.2 Å². The Kier molecular flexibility index (Phi) is 7.08. The Morgan fingerprint density at radius 2 is 1.86 bits per heavy atom. The molecular formula is C30H30FNO3S. The molecule has 4 aromatic rings. The molecule has 0 amide bonds. The van der Waals surface area contributed by atoms with Crippen molar-refractivity contribution in [2.75, 3.05) is 26.3 Å². The van der Waals surface area contributed by atoms with E-state index in [0.717, 1.165) is 53.7 Å². The van der Waals surface area contributed by atoms with Crippen LogP contribution >= 0.6 is 11.3 Å². The summed E-state index contributed by atoms with van der Waals surface area (Å²) in [7, 11) is 0. The Hall–Kier alpha value is -3.22. The molecule has 0 spiro atoms. The second-order valence-electron chi connectivity index (χ2n) is 9.72. The van der Waals surface area contributed by atoms with Crippen LogP contribution in [0, 0.1) is 19.8 Å². The van der Waals surface area contributed by atoms with Gasteiger partial charge in [0, 0.05) is 34.7 Å². The number of carbonyl (C=O) groups is 1. The van der Waals surface area contributed by atoms with Gasteiger partial charge in [-0.2, -0.15) is 0 Å². The number of ether oxygens (including phenoxy) is 1. The van der Waals surface area contributed by atoms with Gasteiger partial charge in [0.2, 0.25) is 5.78 Å². The van der Waals surface area contributed by atoms with Gasteiger partial charge in [0.05, 0.1) is 6.67 Å². The molecule has 1 aliphatic heterocycles. The Balaban J connectivity index is 1.35. The van der Waals surface area contributed by atoms with E-state index in [1.165, 1.54) is 16.9 Å². The third kappa shape index (κ3) is 5.15. The average Bonchev–Trinajstić information content (AvgIpc) is 3.18. The zero-order valence-corrected chi connectivity index (χ0v) is 21.4. The number of likely N-dealkylation sites (tertiary alicyclic amines) is 1. The molecule has 0 aliphatic carbocycles. The Morgan fingerprint density at radius 1 is 1.08 bits per heavy atom. The summed E-state index contributed by atoms with van der Waals surface area (Å²) in [4.78, 5) is 16.4. The first-order chi connectivity index (χ1) is 17.4. The molecule has 1 fully saturated rings. The number of carbonyl (C=O) groups excluding carboxylic acids is 1. The maximum absolute atomic E-state index is 13.6. The lowest BCUT2D eigenvalue weighted by atomic mass is 10.0. The first kappa shape index (κ1) is 24.5. The molecule has 3 aromatic carbocycles. The lowest BCUT2D eigenvalue weighted by Gasteiger charge is -2.37. The maximum Gasteiger partial charge on any atom is 0.207 e. The largest absolute Gasteiger partial charge is 0.508 e. The number of phenols is 1. The zero-order chi connectivity index (χ0) is 25.2. The summed E-state index contributed by atoms with van der Waals surface area (Å²) in [5.41, 5.74) is 3.90. The van der Waals surface area contributed by atoms with Crippen molar-refractivity contribution in [1.29, 1.82) is 0 Å². The van der Waals surface area contributed by atoms with Crippen LogP contribution in [-0.2, 0) is 6.42 Å². The lowest BCUT2D eigenvalue weighted by Crippen LogP contribution is -2.47. The third-order valence-corrected chi connectivity index (χ3v) is 7.93.